The van der Waals surface area contributed by atoms with Crippen molar-refractivity contribution in [1.82, 2.24) is 0 Å². The summed E-state index contributed by atoms with van der Waals surface area (Å²) < 4.78 is 63.4. The zero-order valence-electron chi connectivity index (χ0n) is 22.5. The highest BCUT2D eigenvalue weighted by Crippen LogP contribution is 2.36. The molecule has 6 aromatic rings. The van der Waals surface area contributed by atoms with Gasteiger partial charge in [-0.05, 0) is 48.2 Å². The van der Waals surface area contributed by atoms with E-state index in [4.69, 9.17) is 8.83 Å². The van der Waals surface area contributed by atoms with Crippen LogP contribution in [0, 0.1) is 13.8 Å². The summed E-state index contributed by atoms with van der Waals surface area (Å²) in [4.78, 5) is 23.9. The Morgan fingerprint density at radius 1 is 0.524 bits per heavy atom. The minimum atomic E-state index is -2.89. The molecule has 0 amide bonds. The second-order valence-corrected chi connectivity index (χ2v) is 9.69. The molecule has 42 heavy (non-hydrogen) atoms. The van der Waals surface area contributed by atoms with Crippen LogP contribution in [-0.2, 0) is 0 Å². The van der Waals surface area contributed by atoms with Crippen molar-refractivity contribution in [3.05, 3.63) is 140 Å². The van der Waals surface area contributed by atoms with Crippen molar-refractivity contribution in [1.29, 1.82) is 0 Å². The second-order valence-electron chi connectivity index (χ2n) is 9.69. The Morgan fingerprint density at radius 2 is 0.881 bits per heavy atom. The zero-order valence-corrected chi connectivity index (χ0v) is 22.5. The highest BCUT2D eigenvalue weighted by Gasteiger charge is 2.24. The molecule has 2 aromatic heterocycles. The summed E-state index contributed by atoms with van der Waals surface area (Å²) in [6.45, 7) is 3.70. The van der Waals surface area contributed by atoms with Gasteiger partial charge in [0.25, 0.3) is 12.9 Å². The molecule has 0 saturated carbocycles. The molecule has 0 radical (unpaired) electrons. The van der Waals surface area contributed by atoms with Crippen LogP contribution in [0.4, 0.5) is 17.6 Å². The number of hydrogen-bond donors (Lipinski definition) is 0. The average molecular weight is 573 g/mol. The maximum absolute atomic E-state index is 13.3. The molecular weight excluding hydrogens is 548 g/mol. The Bertz CT molecular complexity index is 1850. The van der Waals surface area contributed by atoms with Gasteiger partial charge in [-0.25, -0.2) is 27.2 Å². The summed E-state index contributed by atoms with van der Waals surface area (Å²) in [6, 6.07) is 27.8. The van der Waals surface area contributed by atoms with E-state index < -0.39 is 35.2 Å². The molecule has 0 aliphatic carbocycles. The van der Waals surface area contributed by atoms with Crippen molar-refractivity contribution in [2.45, 2.75) is 26.7 Å². The van der Waals surface area contributed by atoms with E-state index in [1.54, 1.807) is 84.9 Å². The van der Waals surface area contributed by atoms with Gasteiger partial charge in [0.15, 0.2) is 0 Å². The summed E-state index contributed by atoms with van der Waals surface area (Å²) in [5.74, 6) is 0. The molecule has 0 fully saturated rings. The first-order chi connectivity index (χ1) is 20.2. The first-order valence-electron chi connectivity index (χ1n) is 13.0. The van der Waals surface area contributed by atoms with E-state index in [0.29, 0.717) is 33.1 Å². The fraction of sp³-hybridized carbons (Fsp3) is 0.118. The molecule has 0 spiro atoms. The molecule has 0 aliphatic rings. The summed E-state index contributed by atoms with van der Waals surface area (Å²) in [5, 5.41) is 1.03. The maximum atomic E-state index is 13.3. The predicted octanol–water partition coefficient (Wildman–Crippen LogP) is 9.41. The fourth-order valence-electron chi connectivity index (χ4n) is 4.87. The maximum Gasteiger partial charge on any atom is 0.345 e. The highest BCUT2D eigenvalue weighted by atomic mass is 19.3. The van der Waals surface area contributed by atoms with Crippen molar-refractivity contribution in [3.8, 4) is 22.3 Å². The number of fused-ring (bicyclic) bond motifs is 2. The third-order valence-corrected chi connectivity index (χ3v) is 6.76. The molecule has 2 heterocycles. The number of benzene rings is 4. The molecule has 0 atom stereocenters. The Hall–Kier alpha value is -4.98. The smallest absolute Gasteiger partial charge is 0.345 e. The quantitative estimate of drug-likeness (QED) is 0.156. The van der Waals surface area contributed by atoms with Crippen LogP contribution in [-0.4, -0.2) is 0 Å². The molecule has 8 heteroatoms. The molecule has 4 aromatic carbocycles. The molecule has 4 nitrogen and oxygen atoms in total. The summed E-state index contributed by atoms with van der Waals surface area (Å²) in [6.07, 6.45) is -5.77. The van der Waals surface area contributed by atoms with Gasteiger partial charge < -0.3 is 8.83 Å². The lowest BCUT2D eigenvalue weighted by Crippen LogP contribution is -2.10. The number of halogens is 4. The number of rotatable bonds is 4. The molecular formula is C34H24F4O4. The first-order valence-corrected chi connectivity index (χ1v) is 13.0. The SMILES string of the molecule is Cc1ccc2c(-c3ccccc3)c(C(F)F)c(=O)oc2c1.Cc1ccc2c(-c3ccccc3)c(C(F)F)c(=O)oc2c1. The fourth-order valence-corrected chi connectivity index (χ4v) is 4.87. The number of hydrogen-bond acceptors (Lipinski definition) is 4. The molecule has 0 unspecified atom stereocenters. The van der Waals surface area contributed by atoms with E-state index in [2.05, 4.69) is 0 Å². The van der Waals surface area contributed by atoms with Gasteiger partial charge in [0.05, 0.1) is 0 Å². The Morgan fingerprint density at radius 3 is 1.21 bits per heavy atom. The van der Waals surface area contributed by atoms with Gasteiger partial charge in [-0.1, -0.05) is 84.9 Å². The molecule has 0 saturated heterocycles. The van der Waals surface area contributed by atoms with Crippen LogP contribution in [0.25, 0.3) is 44.2 Å². The van der Waals surface area contributed by atoms with Crippen molar-refractivity contribution in [3.63, 3.8) is 0 Å². The zero-order chi connectivity index (χ0) is 30.0. The summed E-state index contributed by atoms with van der Waals surface area (Å²) >= 11 is 0. The van der Waals surface area contributed by atoms with Gasteiger partial charge >= 0.3 is 11.3 Å². The average Bonchev–Trinajstić information content (AvgIpc) is 2.96. The molecule has 0 aliphatic heterocycles. The predicted molar refractivity (Wildman–Crippen MR) is 155 cm³/mol. The highest BCUT2D eigenvalue weighted by molar-refractivity contribution is 5.96. The van der Waals surface area contributed by atoms with Crippen LogP contribution in [0.2, 0.25) is 0 Å². The van der Waals surface area contributed by atoms with Gasteiger partial charge in [0.2, 0.25) is 0 Å². The lowest BCUT2D eigenvalue weighted by Gasteiger charge is -2.11. The Balaban J connectivity index is 0.000000168. The minimum Gasteiger partial charge on any atom is -0.422 e. The number of aryl methyl sites for hydroxylation is 2. The van der Waals surface area contributed by atoms with E-state index in [9.17, 15) is 27.2 Å². The van der Waals surface area contributed by atoms with Crippen molar-refractivity contribution in [2.75, 3.05) is 0 Å². The van der Waals surface area contributed by atoms with Crippen molar-refractivity contribution < 1.29 is 26.4 Å². The summed E-state index contributed by atoms with van der Waals surface area (Å²) in [7, 11) is 0. The third kappa shape index (κ3) is 5.61. The molecule has 0 N–H and O–H groups in total. The first kappa shape index (κ1) is 28.5. The monoisotopic (exact) mass is 572 g/mol. The van der Waals surface area contributed by atoms with Gasteiger partial charge in [-0.2, -0.15) is 0 Å². The Labute approximate surface area is 237 Å². The summed E-state index contributed by atoms with van der Waals surface area (Å²) in [5.41, 5.74) is 0.951. The van der Waals surface area contributed by atoms with Crippen LogP contribution >= 0.6 is 0 Å². The van der Waals surface area contributed by atoms with Crippen LogP contribution < -0.4 is 11.3 Å². The van der Waals surface area contributed by atoms with E-state index in [1.165, 1.54) is 0 Å². The van der Waals surface area contributed by atoms with Gasteiger partial charge in [0, 0.05) is 21.9 Å². The van der Waals surface area contributed by atoms with Gasteiger partial charge in [-0.15, -0.1) is 0 Å². The van der Waals surface area contributed by atoms with Crippen LogP contribution in [0.15, 0.2) is 115 Å². The van der Waals surface area contributed by atoms with E-state index >= 15 is 0 Å². The van der Waals surface area contributed by atoms with Crippen LogP contribution in [0.3, 0.4) is 0 Å². The topological polar surface area (TPSA) is 60.4 Å². The molecule has 212 valence electrons. The third-order valence-electron chi connectivity index (χ3n) is 6.76. The normalized spacial score (nSPS) is 11.2. The second kappa shape index (κ2) is 11.9. The largest absolute Gasteiger partial charge is 0.422 e. The van der Waals surface area contributed by atoms with E-state index in [0.717, 1.165) is 11.1 Å². The lowest BCUT2D eigenvalue weighted by molar-refractivity contribution is 0.147. The van der Waals surface area contributed by atoms with Gasteiger partial charge in [-0.3, -0.25) is 0 Å². The standard InChI is InChI=1S/2C17H12F2O2/c2*1-10-7-8-12-13(9-10)21-17(20)15(16(18)19)14(12)11-5-3-2-4-6-11/h2*2-9,16H,1H3. The van der Waals surface area contributed by atoms with Crippen LogP contribution in [0.1, 0.15) is 35.1 Å². The minimum absolute atomic E-state index is 0.247. The van der Waals surface area contributed by atoms with Crippen LogP contribution in [0.5, 0.6) is 0 Å². The lowest BCUT2D eigenvalue weighted by atomic mass is 9.96. The van der Waals surface area contributed by atoms with Crippen molar-refractivity contribution >= 4 is 21.9 Å². The molecule has 0 bridgehead atoms. The number of alkyl halides is 4. The van der Waals surface area contributed by atoms with E-state index in [1.807, 2.05) is 26.0 Å². The Kier molecular flexibility index (Phi) is 8.06. The molecule has 6 rings (SSSR count). The van der Waals surface area contributed by atoms with E-state index in [-0.39, 0.29) is 11.1 Å². The van der Waals surface area contributed by atoms with Gasteiger partial charge in [0.1, 0.15) is 22.3 Å². The van der Waals surface area contributed by atoms with Crippen molar-refractivity contribution in [2.24, 2.45) is 0 Å².